The van der Waals surface area contributed by atoms with E-state index in [9.17, 15) is 22.8 Å². The van der Waals surface area contributed by atoms with Gasteiger partial charge in [-0.2, -0.15) is 13.2 Å². The summed E-state index contributed by atoms with van der Waals surface area (Å²) in [5.74, 6) is -0.136. The van der Waals surface area contributed by atoms with Crippen molar-refractivity contribution in [2.75, 3.05) is 31.1 Å². The molecule has 1 spiro atoms. The average molecular weight is 507 g/mol. The number of halogens is 3. The Labute approximate surface area is 209 Å². The molecule has 1 aliphatic carbocycles. The Kier molecular flexibility index (Phi) is 7.70. The van der Waals surface area contributed by atoms with Crippen LogP contribution in [-0.4, -0.2) is 60.0 Å². The molecule has 1 aromatic rings. The highest BCUT2D eigenvalue weighted by atomic mass is 19.4. The van der Waals surface area contributed by atoms with Crippen LogP contribution in [0.25, 0.3) is 0 Å². The number of fused-ring (bicyclic) bond motifs is 2. The van der Waals surface area contributed by atoms with Crippen molar-refractivity contribution >= 4 is 23.4 Å². The van der Waals surface area contributed by atoms with Crippen LogP contribution in [0.15, 0.2) is 34.7 Å². The Morgan fingerprint density at radius 2 is 1.97 bits per heavy atom. The number of anilines is 1. The van der Waals surface area contributed by atoms with E-state index < -0.39 is 24.1 Å². The molecule has 0 saturated carbocycles. The van der Waals surface area contributed by atoms with E-state index in [1.807, 2.05) is 13.0 Å². The Morgan fingerprint density at radius 3 is 2.67 bits per heavy atom. The number of hydrogen-bond donors (Lipinski definition) is 0. The summed E-state index contributed by atoms with van der Waals surface area (Å²) in [4.78, 5) is 38.2. The van der Waals surface area contributed by atoms with E-state index >= 15 is 0 Å². The third kappa shape index (κ3) is 5.42. The highest BCUT2D eigenvalue weighted by molar-refractivity contribution is 6.12. The summed E-state index contributed by atoms with van der Waals surface area (Å²) in [6, 6.07) is 1.81. The predicted molar refractivity (Wildman–Crippen MR) is 130 cm³/mol. The van der Waals surface area contributed by atoms with E-state index in [2.05, 4.69) is 4.98 Å². The number of pyridine rings is 1. The van der Waals surface area contributed by atoms with Gasteiger partial charge in [0.1, 0.15) is 5.41 Å². The second kappa shape index (κ2) is 10.6. The lowest BCUT2D eigenvalue weighted by Crippen LogP contribution is -2.65. The minimum Gasteiger partial charge on any atom is -0.450 e. The largest absolute Gasteiger partial charge is 0.450 e. The summed E-state index contributed by atoms with van der Waals surface area (Å²) in [7, 11) is 0. The summed E-state index contributed by atoms with van der Waals surface area (Å²) >= 11 is 0. The smallest absolute Gasteiger partial charge is 0.409 e. The maximum absolute atomic E-state index is 13.7. The van der Waals surface area contributed by atoms with Gasteiger partial charge in [-0.25, -0.2) is 4.79 Å². The molecule has 196 valence electrons. The second-order valence-corrected chi connectivity index (χ2v) is 9.86. The average Bonchev–Trinajstić information content (AvgIpc) is 3.04. The second-order valence-electron chi connectivity index (χ2n) is 9.86. The van der Waals surface area contributed by atoms with Crippen LogP contribution >= 0.6 is 0 Å². The number of nitrogens with zero attached hydrogens (tertiary/aromatic N) is 4. The molecule has 2 aliphatic heterocycles. The number of carbonyl (C=O) groups excluding carboxylic acids is 2. The molecule has 7 nitrogen and oxygen atoms in total. The molecule has 3 heterocycles. The minimum absolute atomic E-state index is 0.0189. The van der Waals surface area contributed by atoms with Crippen LogP contribution in [0.5, 0.6) is 0 Å². The molecule has 4 rings (SSSR count). The molecule has 1 aromatic heterocycles. The third-order valence-corrected chi connectivity index (χ3v) is 7.23. The number of unbranched alkanes of at least 4 members (excludes halogenated alkanes) is 1. The van der Waals surface area contributed by atoms with Gasteiger partial charge in [-0.1, -0.05) is 5.57 Å². The van der Waals surface area contributed by atoms with E-state index in [1.54, 1.807) is 24.2 Å². The van der Waals surface area contributed by atoms with Gasteiger partial charge < -0.3 is 14.5 Å². The van der Waals surface area contributed by atoms with E-state index in [4.69, 9.17) is 9.73 Å². The molecule has 0 atom stereocenters. The van der Waals surface area contributed by atoms with Crippen LogP contribution in [0.3, 0.4) is 0 Å². The monoisotopic (exact) mass is 506 g/mol. The van der Waals surface area contributed by atoms with Gasteiger partial charge >= 0.3 is 12.3 Å². The fraction of sp³-hybridized carbons (Fsp3) is 0.615. The molecule has 36 heavy (non-hydrogen) atoms. The molecule has 1 saturated heterocycles. The number of alkyl halides is 3. The quantitative estimate of drug-likeness (QED) is 0.342. The SMILES string of the molecule is CCOC(=O)N1CC2(C1)C(=O)N(C/C(CCCCC(F)(F)F)=N/C1=C(C)CCCC1)c1cnccc12. The van der Waals surface area contributed by atoms with Crippen molar-refractivity contribution in [1.29, 1.82) is 0 Å². The highest BCUT2D eigenvalue weighted by Gasteiger charge is 2.59. The maximum Gasteiger partial charge on any atom is 0.409 e. The number of hydrogen-bond acceptors (Lipinski definition) is 5. The van der Waals surface area contributed by atoms with Gasteiger partial charge in [0.2, 0.25) is 5.91 Å². The topological polar surface area (TPSA) is 75.1 Å². The van der Waals surface area contributed by atoms with Crippen LogP contribution < -0.4 is 4.90 Å². The third-order valence-electron chi connectivity index (χ3n) is 7.23. The van der Waals surface area contributed by atoms with Gasteiger partial charge in [-0.3, -0.25) is 14.8 Å². The van der Waals surface area contributed by atoms with Crippen LogP contribution in [-0.2, 0) is 14.9 Å². The first-order chi connectivity index (χ1) is 17.1. The van der Waals surface area contributed by atoms with Crippen molar-refractivity contribution < 1.29 is 27.5 Å². The van der Waals surface area contributed by atoms with E-state index in [0.29, 0.717) is 24.2 Å². The van der Waals surface area contributed by atoms with Crippen molar-refractivity contribution in [2.45, 2.75) is 76.8 Å². The van der Waals surface area contributed by atoms with Crippen molar-refractivity contribution in [1.82, 2.24) is 9.88 Å². The van der Waals surface area contributed by atoms with Crippen molar-refractivity contribution in [3.05, 3.63) is 35.3 Å². The lowest BCUT2D eigenvalue weighted by atomic mass is 9.75. The molecule has 0 unspecified atom stereocenters. The highest BCUT2D eigenvalue weighted by Crippen LogP contribution is 2.47. The van der Waals surface area contributed by atoms with Crippen LogP contribution in [0.4, 0.5) is 23.7 Å². The van der Waals surface area contributed by atoms with Crippen molar-refractivity contribution in [3.8, 4) is 0 Å². The van der Waals surface area contributed by atoms with Crippen molar-refractivity contribution in [3.63, 3.8) is 0 Å². The summed E-state index contributed by atoms with van der Waals surface area (Å²) in [6.07, 6.45) is 2.49. The molecule has 0 bridgehead atoms. The normalized spacial score (nSPS) is 19.6. The number of allylic oxidation sites excluding steroid dienone is 2. The number of carbonyl (C=O) groups is 2. The minimum atomic E-state index is -4.18. The van der Waals surface area contributed by atoms with Gasteiger partial charge in [0.15, 0.2) is 0 Å². The predicted octanol–water partition coefficient (Wildman–Crippen LogP) is 5.55. The Morgan fingerprint density at radius 1 is 1.22 bits per heavy atom. The zero-order valence-corrected chi connectivity index (χ0v) is 20.9. The van der Waals surface area contributed by atoms with E-state index in [-0.39, 0.29) is 38.6 Å². The summed E-state index contributed by atoms with van der Waals surface area (Å²) in [5.41, 5.74) is 3.51. The Bertz CT molecular complexity index is 1060. The van der Waals surface area contributed by atoms with Crippen LogP contribution in [0.1, 0.15) is 70.8 Å². The lowest BCUT2D eigenvalue weighted by molar-refractivity contribution is -0.135. The fourth-order valence-electron chi connectivity index (χ4n) is 5.29. The molecule has 0 N–H and O–H groups in total. The van der Waals surface area contributed by atoms with Crippen LogP contribution in [0.2, 0.25) is 0 Å². The molecule has 2 amide bonds. The zero-order valence-electron chi connectivity index (χ0n) is 20.9. The number of aliphatic imine (C=N–C) groups is 1. The summed E-state index contributed by atoms with van der Waals surface area (Å²) in [5, 5.41) is 0. The number of likely N-dealkylation sites (tertiary alicyclic amines) is 1. The number of amides is 2. The molecular formula is C26H33F3N4O3. The maximum atomic E-state index is 13.7. The Hall–Kier alpha value is -2.91. The zero-order chi connectivity index (χ0) is 25.9. The van der Waals surface area contributed by atoms with Gasteiger partial charge in [-0.05, 0) is 70.4 Å². The first kappa shape index (κ1) is 26.2. The first-order valence-electron chi connectivity index (χ1n) is 12.6. The molecule has 10 heteroatoms. The van der Waals surface area contributed by atoms with Crippen LogP contribution in [0, 0.1) is 0 Å². The number of ether oxygens (including phenoxy) is 1. The summed E-state index contributed by atoms with van der Waals surface area (Å²) in [6.45, 7) is 4.68. The fourth-order valence-corrected chi connectivity index (χ4v) is 5.29. The van der Waals surface area contributed by atoms with Crippen molar-refractivity contribution in [2.24, 2.45) is 4.99 Å². The van der Waals surface area contributed by atoms with Gasteiger partial charge in [-0.15, -0.1) is 0 Å². The summed E-state index contributed by atoms with van der Waals surface area (Å²) < 4.78 is 43.1. The molecule has 0 radical (unpaired) electrons. The number of rotatable bonds is 8. The molecule has 0 aromatic carbocycles. The van der Waals surface area contributed by atoms with Gasteiger partial charge in [0.05, 0.1) is 25.0 Å². The molecule has 3 aliphatic rings. The standard InChI is InChI=1S/C26H33F3N4O3/c1-3-36-24(35)32-16-25(17-32)20-11-13-30-14-22(20)33(23(25)34)15-19(9-6-7-12-26(27,28)29)31-21-10-5-4-8-18(21)2/h11,13-14H,3-10,12,15-17H2,1-2H3/b31-19+. The lowest BCUT2D eigenvalue weighted by Gasteiger charge is -2.45. The molecule has 1 fully saturated rings. The Balaban J connectivity index is 1.56. The first-order valence-corrected chi connectivity index (χ1v) is 12.6. The number of aromatic nitrogens is 1. The van der Waals surface area contributed by atoms with E-state index in [1.165, 1.54) is 10.5 Å². The van der Waals surface area contributed by atoms with E-state index in [0.717, 1.165) is 36.9 Å². The van der Waals surface area contributed by atoms with Gasteiger partial charge in [0, 0.05) is 37.1 Å². The molecular weight excluding hydrogens is 473 g/mol. The van der Waals surface area contributed by atoms with Gasteiger partial charge in [0.25, 0.3) is 0 Å².